The maximum absolute atomic E-state index is 13.5. The lowest BCUT2D eigenvalue weighted by Gasteiger charge is -2.32. The summed E-state index contributed by atoms with van der Waals surface area (Å²) in [4.78, 5) is 29.3. The van der Waals surface area contributed by atoms with Crippen molar-refractivity contribution in [3.63, 3.8) is 0 Å². The number of aromatic nitrogens is 2. The van der Waals surface area contributed by atoms with E-state index in [1.807, 2.05) is 59.5 Å². The molecular formula is C25H28N4O3. The summed E-state index contributed by atoms with van der Waals surface area (Å²) >= 11 is 0. The molecule has 2 aromatic carbocycles. The average Bonchev–Trinajstić information content (AvgIpc) is 3.29. The summed E-state index contributed by atoms with van der Waals surface area (Å²) in [7, 11) is 5.18. The molecular weight excluding hydrogens is 404 g/mol. The third-order valence-electron chi connectivity index (χ3n) is 5.90. The van der Waals surface area contributed by atoms with Crippen molar-refractivity contribution in [2.24, 2.45) is 5.92 Å². The van der Waals surface area contributed by atoms with Crippen LogP contribution in [0, 0.1) is 5.92 Å². The first-order chi connectivity index (χ1) is 15.5. The number of amides is 2. The molecule has 0 radical (unpaired) electrons. The van der Waals surface area contributed by atoms with Crippen molar-refractivity contribution in [2.75, 3.05) is 34.3 Å². The van der Waals surface area contributed by atoms with Crippen LogP contribution in [0.2, 0.25) is 0 Å². The fourth-order valence-corrected chi connectivity index (χ4v) is 4.07. The molecule has 166 valence electrons. The minimum Gasteiger partial charge on any atom is -0.497 e. The van der Waals surface area contributed by atoms with Gasteiger partial charge in [-0.15, -0.1) is 0 Å². The number of hydrogen-bond acceptors (Lipinski definition) is 4. The molecule has 1 aliphatic heterocycles. The first-order valence-electron chi connectivity index (χ1n) is 10.8. The number of hydrogen-bond donors (Lipinski definition) is 0. The molecule has 0 spiro atoms. The number of benzene rings is 2. The summed E-state index contributed by atoms with van der Waals surface area (Å²) < 4.78 is 7.01. The van der Waals surface area contributed by atoms with Gasteiger partial charge in [0.1, 0.15) is 11.4 Å². The molecule has 0 saturated carbocycles. The van der Waals surface area contributed by atoms with Crippen LogP contribution in [0.4, 0.5) is 0 Å². The number of carbonyl (C=O) groups is 2. The summed E-state index contributed by atoms with van der Waals surface area (Å²) in [6.07, 6.45) is 3.15. The largest absolute Gasteiger partial charge is 0.497 e. The topological polar surface area (TPSA) is 67.7 Å². The van der Waals surface area contributed by atoms with Gasteiger partial charge < -0.3 is 14.5 Å². The molecule has 0 N–H and O–H groups in total. The lowest BCUT2D eigenvalue weighted by Crippen LogP contribution is -2.42. The zero-order chi connectivity index (χ0) is 22.7. The molecule has 1 aliphatic rings. The second kappa shape index (κ2) is 9.26. The number of likely N-dealkylation sites (tertiary alicyclic amines) is 1. The number of rotatable bonds is 5. The third kappa shape index (κ3) is 4.37. The standard InChI is InChI=1S/C25H28N4O3/c1-27(2)24(30)19-13-15-28(16-14-19)25(31)22-17-29(20-7-5-4-6-8-20)26-23(22)18-9-11-21(32-3)12-10-18/h4-12,17,19H,13-16H2,1-3H3. The Morgan fingerprint density at radius 3 is 2.25 bits per heavy atom. The van der Waals surface area contributed by atoms with Crippen molar-refractivity contribution in [2.45, 2.75) is 12.8 Å². The minimum absolute atomic E-state index is 0.0258. The number of ether oxygens (including phenoxy) is 1. The Hall–Kier alpha value is -3.61. The smallest absolute Gasteiger partial charge is 0.257 e. The molecule has 0 aliphatic carbocycles. The van der Waals surface area contributed by atoms with E-state index in [2.05, 4.69) is 0 Å². The van der Waals surface area contributed by atoms with Crippen molar-refractivity contribution >= 4 is 11.8 Å². The fraction of sp³-hybridized carbons (Fsp3) is 0.320. The summed E-state index contributed by atoms with van der Waals surface area (Å²) in [6, 6.07) is 17.3. The number of carbonyl (C=O) groups excluding carboxylic acids is 2. The summed E-state index contributed by atoms with van der Waals surface area (Å²) in [5, 5.41) is 4.76. The van der Waals surface area contributed by atoms with Gasteiger partial charge in [0.05, 0.1) is 18.4 Å². The van der Waals surface area contributed by atoms with Gasteiger partial charge in [-0.2, -0.15) is 5.10 Å². The Balaban J connectivity index is 1.64. The van der Waals surface area contributed by atoms with Gasteiger partial charge in [0.25, 0.3) is 5.91 Å². The molecule has 2 amide bonds. The van der Waals surface area contributed by atoms with Crippen LogP contribution in [0.5, 0.6) is 5.75 Å². The van der Waals surface area contributed by atoms with Gasteiger partial charge >= 0.3 is 0 Å². The third-order valence-corrected chi connectivity index (χ3v) is 5.90. The molecule has 7 heteroatoms. The molecule has 32 heavy (non-hydrogen) atoms. The van der Waals surface area contributed by atoms with Crippen molar-refractivity contribution in [3.05, 3.63) is 66.4 Å². The van der Waals surface area contributed by atoms with E-state index in [4.69, 9.17) is 9.84 Å². The first-order valence-corrected chi connectivity index (χ1v) is 10.8. The lowest BCUT2D eigenvalue weighted by atomic mass is 9.95. The molecule has 0 atom stereocenters. The lowest BCUT2D eigenvalue weighted by molar-refractivity contribution is -0.134. The Labute approximate surface area is 188 Å². The maximum atomic E-state index is 13.5. The van der Waals surface area contributed by atoms with Gasteiger partial charge in [0.2, 0.25) is 5.91 Å². The molecule has 0 unspecified atom stereocenters. The number of methoxy groups -OCH3 is 1. The molecule has 2 heterocycles. The molecule has 0 bridgehead atoms. The molecule has 3 aromatic rings. The second-order valence-corrected chi connectivity index (χ2v) is 8.20. The molecule has 7 nitrogen and oxygen atoms in total. The predicted molar refractivity (Wildman–Crippen MR) is 123 cm³/mol. The van der Waals surface area contributed by atoms with Crippen LogP contribution < -0.4 is 4.74 Å². The fourth-order valence-electron chi connectivity index (χ4n) is 4.07. The minimum atomic E-state index is -0.0613. The van der Waals surface area contributed by atoms with Crippen molar-refractivity contribution in [1.82, 2.24) is 19.6 Å². The van der Waals surface area contributed by atoms with E-state index in [0.717, 1.165) is 17.0 Å². The van der Waals surface area contributed by atoms with Crippen LogP contribution in [0.3, 0.4) is 0 Å². The quantitative estimate of drug-likeness (QED) is 0.619. The second-order valence-electron chi connectivity index (χ2n) is 8.20. The van der Waals surface area contributed by atoms with E-state index in [9.17, 15) is 9.59 Å². The van der Waals surface area contributed by atoms with E-state index in [1.54, 1.807) is 37.0 Å². The van der Waals surface area contributed by atoms with Crippen LogP contribution in [-0.2, 0) is 4.79 Å². The maximum Gasteiger partial charge on any atom is 0.257 e. The van der Waals surface area contributed by atoms with Gasteiger partial charge in [-0.1, -0.05) is 18.2 Å². The summed E-state index contributed by atoms with van der Waals surface area (Å²) in [5.41, 5.74) is 2.92. The van der Waals surface area contributed by atoms with Crippen LogP contribution in [0.1, 0.15) is 23.2 Å². The highest BCUT2D eigenvalue weighted by Gasteiger charge is 2.30. The number of nitrogens with zero attached hydrogens (tertiary/aromatic N) is 4. The van der Waals surface area contributed by atoms with Gasteiger partial charge in [0, 0.05) is 44.9 Å². The van der Waals surface area contributed by atoms with Gasteiger partial charge in [-0.05, 0) is 49.2 Å². The van der Waals surface area contributed by atoms with Crippen molar-refractivity contribution in [3.8, 4) is 22.7 Å². The highest BCUT2D eigenvalue weighted by atomic mass is 16.5. The monoisotopic (exact) mass is 432 g/mol. The zero-order valence-corrected chi connectivity index (χ0v) is 18.7. The van der Waals surface area contributed by atoms with Crippen LogP contribution in [-0.4, -0.2) is 65.7 Å². The van der Waals surface area contributed by atoms with Crippen LogP contribution >= 0.6 is 0 Å². The summed E-state index contributed by atoms with van der Waals surface area (Å²) in [6.45, 7) is 1.11. The Morgan fingerprint density at radius 1 is 1.00 bits per heavy atom. The predicted octanol–water partition coefficient (Wildman–Crippen LogP) is 3.49. The SMILES string of the molecule is COc1ccc(-c2nn(-c3ccccc3)cc2C(=O)N2CCC(C(=O)N(C)C)CC2)cc1. The van der Waals surface area contributed by atoms with Gasteiger partial charge in [-0.25, -0.2) is 4.68 Å². The van der Waals surface area contributed by atoms with Crippen LogP contribution in [0.15, 0.2) is 60.8 Å². The van der Waals surface area contributed by atoms with Crippen molar-refractivity contribution in [1.29, 1.82) is 0 Å². The van der Waals surface area contributed by atoms with Gasteiger partial charge in [0.15, 0.2) is 0 Å². The Morgan fingerprint density at radius 2 is 1.66 bits per heavy atom. The van der Waals surface area contributed by atoms with E-state index in [-0.39, 0.29) is 17.7 Å². The number of para-hydroxylation sites is 1. The van der Waals surface area contributed by atoms with E-state index >= 15 is 0 Å². The Kier molecular flexibility index (Phi) is 6.25. The van der Waals surface area contributed by atoms with E-state index in [0.29, 0.717) is 37.2 Å². The highest BCUT2D eigenvalue weighted by Crippen LogP contribution is 2.28. The number of piperidine rings is 1. The molecule has 1 fully saturated rings. The summed E-state index contributed by atoms with van der Waals surface area (Å²) in [5.74, 6) is 0.792. The zero-order valence-electron chi connectivity index (χ0n) is 18.7. The Bertz CT molecular complexity index is 1080. The first kappa shape index (κ1) is 21.6. The average molecular weight is 433 g/mol. The van der Waals surface area contributed by atoms with Gasteiger partial charge in [-0.3, -0.25) is 9.59 Å². The van der Waals surface area contributed by atoms with Crippen molar-refractivity contribution < 1.29 is 14.3 Å². The van der Waals surface area contributed by atoms with Crippen LogP contribution in [0.25, 0.3) is 16.9 Å². The van der Waals surface area contributed by atoms with E-state index < -0.39 is 0 Å². The normalized spacial score (nSPS) is 14.3. The molecule has 1 saturated heterocycles. The molecule has 4 rings (SSSR count). The highest BCUT2D eigenvalue weighted by molar-refractivity contribution is 6.00. The molecule has 1 aromatic heterocycles. The van der Waals surface area contributed by atoms with E-state index in [1.165, 1.54) is 0 Å².